The minimum atomic E-state index is -2.57. The zero-order valence-electron chi connectivity index (χ0n) is 34.2. The number of furan rings is 1. The summed E-state index contributed by atoms with van der Waals surface area (Å²) in [5.74, 6) is -0.320. The van der Waals surface area contributed by atoms with E-state index in [1.165, 1.54) is 24.4 Å². The summed E-state index contributed by atoms with van der Waals surface area (Å²) in [6, 6.07) is 42.9. The SMILES string of the molecule is Fc1ccc(-c2[c-]cccc2)nc1.[2H]c1cc(C([2H])([2H])C(C)(C)C)cc(C([2H])([2H])[2H])c1-c1ccnc(-c2[c-]ccc3c2oc2c(-c4ccccc4)cccc23)c1.[Ir]. The molecule has 0 fully saturated rings. The summed E-state index contributed by atoms with van der Waals surface area (Å²) in [7, 11) is 0. The van der Waals surface area contributed by atoms with Crippen LogP contribution in [0, 0.1) is 30.2 Å². The number of hydrogen-bond acceptors (Lipinski definition) is 3. The molecule has 8 rings (SSSR count). The molecule has 0 N–H and O–H groups in total. The Balaban J connectivity index is 0.000000332. The first-order valence-electron chi connectivity index (χ1n) is 19.3. The first-order chi connectivity index (χ1) is 26.6. The first kappa shape index (κ1) is 28.5. The molecule has 0 aliphatic rings. The fourth-order valence-corrected chi connectivity index (χ4v) is 5.85. The van der Waals surface area contributed by atoms with Crippen LogP contribution < -0.4 is 0 Å². The minimum absolute atomic E-state index is 0. The van der Waals surface area contributed by atoms with Crippen LogP contribution in [0.15, 0.2) is 144 Å². The Morgan fingerprint density at radius 1 is 0.765 bits per heavy atom. The van der Waals surface area contributed by atoms with Crippen molar-refractivity contribution >= 4 is 21.9 Å². The Labute approximate surface area is 321 Å². The van der Waals surface area contributed by atoms with E-state index < -0.39 is 18.6 Å². The zero-order valence-corrected chi connectivity index (χ0v) is 30.6. The molecule has 5 heteroatoms. The number of halogens is 1. The standard InChI is InChI=1S/C35H30NO.C11H7FN.Ir/c1-23-20-24(22-35(2,3)4)16-17-27(23)26-18-19-36-32(21-26)31-15-9-14-30-29-13-8-12-28(33(29)37-34(30)31)25-10-6-5-7-11-25;12-10-6-7-11(13-8-10)9-4-2-1-3-5-9;/h5-14,16-21H,22H2,1-4H3;1-4,6-8H;/q2*-1;/i1D3,17D,22D2;;. The predicted octanol–water partition coefficient (Wildman–Crippen LogP) is 12.4. The maximum atomic E-state index is 12.5. The summed E-state index contributed by atoms with van der Waals surface area (Å²) in [4.78, 5) is 8.54. The largest absolute Gasteiger partial charge is 0.500 e. The molecule has 0 saturated carbocycles. The van der Waals surface area contributed by atoms with Crippen LogP contribution in [-0.2, 0) is 26.5 Å². The van der Waals surface area contributed by atoms with Crippen LogP contribution in [0.25, 0.3) is 66.7 Å². The van der Waals surface area contributed by atoms with E-state index in [1.807, 2.05) is 78.9 Å². The van der Waals surface area contributed by atoms with E-state index in [-0.39, 0.29) is 48.7 Å². The van der Waals surface area contributed by atoms with E-state index in [9.17, 15) is 4.39 Å². The van der Waals surface area contributed by atoms with Crippen LogP contribution in [0.1, 0.15) is 40.1 Å². The number of rotatable bonds is 5. The van der Waals surface area contributed by atoms with Crippen LogP contribution in [-0.4, -0.2) is 9.97 Å². The van der Waals surface area contributed by atoms with Crippen molar-refractivity contribution in [3.05, 3.63) is 169 Å². The molecule has 0 unspecified atom stereocenters. The molecule has 3 aromatic heterocycles. The number of hydrogen-bond donors (Lipinski definition) is 0. The number of fused-ring (bicyclic) bond motifs is 3. The molecular formula is C46H37FIrN2O-2. The monoisotopic (exact) mass is 851 g/mol. The molecule has 51 heavy (non-hydrogen) atoms. The van der Waals surface area contributed by atoms with Gasteiger partial charge in [-0.05, 0) is 70.0 Å². The van der Waals surface area contributed by atoms with Gasteiger partial charge in [-0.1, -0.05) is 111 Å². The number of nitrogens with zero attached hydrogens (tertiary/aromatic N) is 2. The molecule has 0 atom stereocenters. The third-order valence-corrected chi connectivity index (χ3v) is 8.02. The Hall–Kier alpha value is -5.22. The Kier molecular flexibility index (Phi) is 8.57. The number of aromatic nitrogens is 2. The Bertz CT molecular complexity index is 2660. The quantitative estimate of drug-likeness (QED) is 0.162. The van der Waals surface area contributed by atoms with Gasteiger partial charge in [0.25, 0.3) is 0 Å². The molecule has 1 radical (unpaired) electrons. The molecule has 0 spiro atoms. The average Bonchev–Trinajstić information content (AvgIpc) is 3.57. The van der Waals surface area contributed by atoms with Crippen LogP contribution in [0.3, 0.4) is 0 Å². The summed E-state index contributed by atoms with van der Waals surface area (Å²) in [5.41, 5.74) is 6.14. The van der Waals surface area contributed by atoms with Gasteiger partial charge >= 0.3 is 0 Å². The van der Waals surface area contributed by atoms with Crippen molar-refractivity contribution in [2.24, 2.45) is 5.41 Å². The molecule has 0 bridgehead atoms. The van der Waals surface area contributed by atoms with Gasteiger partial charge in [-0.2, -0.15) is 0 Å². The summed E-state index contributed by atoms with van der Waals surface area (Å²) >= 11 is 0. The van der Waals surface area contributed by atoms with E-state index in [2.05, 4.69) is 22.1 Å². The minimum Gasteiger partial charge on any atom is -0.500 e. The van der Waals surface area contributed by atoms with E-state index >= 15 is 0 Å². The van der Waals surface area contributed by atoms with Gasteiger partial charge in [-0.15, -0.1) is 54.1 Å². The van der Waals surface area contributed by atoms with E-state index in [1.54, 1.807) is 51.2 Å². The maximum absolute atomic E-state index is 12.5. The van der Waals surface area contributed by atoms with E-state index in [4.69, 9.17) is 12.6 Å². The number of pyridine rings is 2. The van der Waals surface area contributed by atoms with Gasteiger partial charge in [-0.25, -0.2) is 4.39 Å². The second-order valence-corrected chi connectivity index (χ2v) is 12.9. The normalized spacial score (nSPS) is 13.4. The molecule has 0 saturated heterocycles. The van der Waals surface area contributed by atoms with Crippen LogP contribution in [0.5, 0.6) is 0 Å². The summed E-state index contributed by atoms with van der Waals surface area (Å²) < 4.78 is 70.2. The third kappa shape index (κ3) is 8.07. The van der Waals surface area contributed by atoms with Crippen molar-refractivity contribution in [3.63, 3.8) is 0 Å². The van der Waals surface area contributed by atoms with Gasteiger partial charge in [-0.3, -0.25) is 0 Å². The molecule has 0 aliphatic carbocycles. The fourth-order valence-electron chi connectivity index (χ4n) is 5.85. The van der Waals surface area contributed by atoms with Gasteiger partial charge in [0.15, 0.2) is 0 Å². The zero-order chi connectivity index (χ0) is 39.8. The Morgan fingerprint density at radius 2 is 1.59 bits per heavy atom. The third-order valence-electron chi connectivity index (χ3n) is 8.02. The smallest absolute Gasteiger partial charge is 0.139 e. The van der Waals surface area contributed by atoms with Crippen molar-refractivity contribution in [1.29, 1.82) is 0 Å². The van der Waals surface area contributed by atoms with Crippen LogP contribution in [0.2, 0.25) is 0 Å². The maximum Gasteiger partial charge on any atom is 0.139 e. The van der Waals surface area contributed by atoms with Gasteiger partial charge in [0.2, 0.25) is 0 Å². The molecule has 3 nitrogen and oxygen atoms in total. The van der Waals surface area contributed by atoms with E-state index in [0.29, 0.717) is 22.4 Å². The Morgan fingerprint density at radius 3 is 2.33 bits per heavy atom. The van der Waals surface area contributed by atoms with Crippen LogP contribution in [0.4, 0.5) is 4.39 Å². The van der Waals surface area contributed by atoms with Gasteiger partial charge in [0.05, 0.1) is 13.2 Å². The molecule has 0 amide bonds. The molecule has 0 aliphatic heterocycles. The van der Waals surface area contributed by atoms with Gasteiger partial charge < -0.3 is 14.4 Å². The fraction of sp³-hybridized carbons (Fsp3) is 0.130. The van der Waals surface area contributed by atoms with Crippen molar-refractivity contribution in [2.75, 3.05) is 0 Å². The topological polar surface area (TPSA) is 38.9 Å². The number of benzene rings is 5. The summed E-state index contributed by atoms with van der Waals surface area (Å²) in [5, 5.41) is 1.87. The predicted molar refractivity (Wildman–Crippen MR) is 203 cm³/mol. The van der Waals surface area contributed by atoms with Crippen molar-refractivity contribution in [3.8, 4) is 44.8 Å². The summed E-state index contributed by atoms with van der Waals surface area (Å²) in [6.45, 7) is 2.70. The molecule has 5 aromatic carbocycles. The molecule has 255 valence electrons. The van der Waals surface area contributed by atoms with Gasteiger partial charge in [0.1, 0.15) is 11.4 Å². The second kappa shape index (κ2) is 15.3. The van der Waals surface area contributed by atoms with E-state index in [0.717, 1.165) is 38.7 Å². The number of aryl methyl sites for hydroxylation is 1. The summed E-state index contributed by atoms with van der Waals surface area (Å²) in [6.07, 6.45) is 0.936. The van der Waals surface area contributed by atoms with Crippen LogP contribution >= 0.6 is 0 Å². The van der Waals surface area contributed by atoms with Crippen molar-refractivity contribution in [2.45, 2.75) is 34.0 Å². The van der Waals surface area contributed by atoms with Crippen molar-refractivity contribution < 1.29 is 37.1 Å². The molecule has 8 aromatic rings. The molecular weight excluding hydrogens is 808 g/mol. The second-order valence-electron chi connectivity index (χ2n) is 12.9. The van der Waals surface area contributed by atoms with Gasteiger partial charge in [0, 0.05) is 44.1 Å². The molecule has 3 heterocycles. The van der Waals surface area contributed by atoms with Crippen molar-refractivity contribution in [1.82, 2.24) is 9.97 Å². The average molecular weight is 851 g/mol. The number of para-hydroxylation sites is 1. The first-order valence-corrected chi connectivity index (χ1v) is 16.3.